The Morgan fingerprint density at radius 1 is 1.11 bits per heavy atom. The summed E-state index contributed by atoms with van der Waals surface area (Å²) in [6.07, 6.45) is 8.91. The Balaban J connectivity index is 0.00000392. The van der Waals surface area contributed by atoms with Crippen LogP contribution in [-0.4, -0.2) is 33.5 Å². The minimum Gasteiger partial charge on any atom is 0 e. The minimum absolute atomic E-state index is 0. The zero-order valence-electron chi connectivity index (χ0n) is 16.5. The van der Waals surface area contributed by atoms with E-state index in [4.69, 9.17) is 0 Å². The third kappa shape index (κ3) is 7.34. The summed E-state index contributed by atoms with van der Waals surface area (Å²) >= 11 is 2.74. The smallest absolute Gasteiger partial charge is 0 e. The molecule has 2 rings (SSSR count). The van der Waals surface area contributed by atoms with Gasteiger partial charge in [0.05, 0.1) is 0 Å². The molecule has 0 aliphatic carbocycles. The molecule has 1 aliphatic heterocycles. The van der Waals surface area contributed by atoms with E-state index in [1.54, 1.807) is 36.2 Å². The molecule has 2 amide bonds. The van der Waals surface area contributed by atoms with Gasteiger partial charge in [0.15, 0.2) is 0 Å². The summed E-state index contributed by atoms with van der Waals surface area (Å²) in [5.41, 5.74) is 2.67. The molecule has 0 fully saturated rings. The zero-order chi connectivity index (χ0) is 19.6. The van der Waals surface area contributed by atoms with Crippen LogP contribution in [0, 0.1) is 0 Å². The first-order chi connectivity index (χ1) is 13.1. The Morgan fingerprint density at radius 3 is 2.29 bits per heavy atom. The SMILES string of the molecule is CCCCCCCCCC(=O)Nc1ccc(N2N=C(C)/C(=C\[Se])C2=O)cc1.[Au]. The first-order valence-corrected chi connectivity index (χ1v) is 10.7. The quantitative estimate of drug-likeness (QED) is 0.235. The van der Waals surface area contributed by atoms with Crippen LogP contribution in [0.5, 0.6) is 0 Å². The third-order valence-electron chi connectivity index (χ3n) is 4.58. The number of benzene rings is 1. The van der Waals surface area contributed by atoms with E-state index in [1.807, 2.05) is 0 Å². The Labute approximate surface area is 191 Å². The third-order valence-corrected chi connectivity index (χ3v) is 5.08. The standard InChI is InChI=1S/C21H28N3O2Se.Au/c1-3-4-5-6-7-8-9-10-20(25)22-17-11-13-18(14-12-17)24-21(26)19(15-27)16(2)23-24;/h11-15H,3-10H2,1-2H3,(H,22,25);/b19-15+;. The summed E-state index contributed by atoms with van der Waals surface area (Å²) in [5, 5.41) is 8.58. The van der Waals surface area contributed by atoms with Crippen molar-refractivity contribution in [1.82, 2.24) is 0 Å². The predicted octanol–water partition coefficient (Wildman–Crippen LogP) is 4.54. The number of carbonyl (C=O) groups excluding carboxylic acids is 2. The molecule has 1 N–H and O–H groups in total. The molecule has 0 atom stereocenters. The fourth-order valence-corrected chi connectivity index (χ4v) is 3.55. The summed E-state index contributed by atoms with van der Waals surface area (Å²) in [6.45, 7) is 4.02. The van der Waals surface area contributed by atoms with E-state index in [0.29, 0.717) is 23.4 Å². The molecule has 1 heterocycles. The second-order valence-electron chi connectivity index (χ2n) is 6.80. The topological polar surface area (TPSA) is 61.8 Å². The van der Waals surface area contributed by atoms with E-state index < -0.39 is 0 Å². The van der Waals surface area contributed by atoms with Gasteiger partial charge in [-0.05, 0) is 0 Å². The summed E-state index contributed by atoms with van der Waals surface area (Å²) in [5.74, 6) is -0.115. The molecule has 0 aromatic heterocycles. The molecule has 0 unspecified atom stereocenters. The average Bonchev–Trinajstić information content (AvgIpc) is 2.95. The monoisotopic (exact) mass is 631 g/mol. The Morgan fingerprint density at radius 2 is 1.71 bits per heavy atom. The van der Waals surface area contributed by atoms with E-state index in [1.165, 1.54) is 37.1 Å². The number of rotatable bonds is 10. The van der Waals surface area contributed by atoms with Crippen molar-refractivity contribution in [3.63, 3.8) is 0 Å². The van der Waals surface area contributed by atoms with Gasteiger partial charge >= 0.3 is 125 Å². The van der Waals surface area contributed by atoms with Crippen molar-refractivity contribution in [3.8, 4) is 0 Å². The van der Waals surface area contributed by atoms with Gasteiger partial charge in [0, 0.05) is 22.4 Å². The second kappa shape index (κ2) is 13.1. The van der Waals surface area contributed by atoms with E-state index >= 15 is 0 Å². The predicted molar refractivity (Wildman–Crippen MR) is 112 cm³/mol. The van der Waals surface area contributed by atoms with Crippen molar-refractivity contribution in [2.45, 2.75) is 65.2 Å². The average molecular weight is 630 g/mol. The molecular weight excluding hydrogens is 602 g/mol. The molecule has 28 heavy (non-hydrogen) atoms. The van der Waals surface area contributed by atoms with Crippen LogP contribution in [0.3, 0.4) is 0 Å². The molecule has 1 aliphatic rings. The van der Waals surface area contributed by atoms with Gasteiger partial charge in [-0.2, -0.15) is 0 Å². The molecule has 1 aromatic rings. The maximum absolute atomic E-state index is 12.3. The van der Waals surface area contributed by atoms with Gasteiger partial charge in [0.2, 0.25) is 0 Å². The molecule has 0 saturated heterocycles. The van der Waals surface area contributed by atoms with Crippen molar-refractivity contribution in [2.24, 2.45) is 5.10 Å². The normalized spacial score (nSPS) is 14.8. The molecular formula is C21H28AuN3O2Se. The van der Waals surface area contributed by atoms with Gasteiger partial charge in [-0.15, -0.1) is 0 Å². The maximum Gasteiger partial charge on any atom is 0 e. The number of hydrogen-bond donors (Lipinski definition) is 1. The van der Waals surface area contributed by atoms with E-state index in [-0.39, 0.29) is 34.2 Å². The number of carbonyl (C=O) groups is 2. The molecule has 1 aromatic carbocycles. The molecule has 156 valence electrons. The maximum atomic E-state index is 12.3. The number of hydrogen-bond acceptors (Lipinski definition) is 3. The molecule has 2 radical (unpaired) electrons. The first kappa shape index (κ1) is 24.9. The summed E-state index contributed by atoms with van der Waals surface area (Å²) in [6, 6.07) is 7.19. The first-order valence-electron chi connectivity index (χ1n) is 9.69. The molecule has 0 saturated carbocycles. The Kier molecular flexibility index (Phi) is 11.7. The van der Waals surface area contributed by atoms with Gasteiger partial charge in [0.25, 0.3) is 0 Å². The number of nitrogens with zero attached hydrogens (tertiary/aromatic N) is 2. The molecule has 5 nitrogen and oxygen atoms in total. The van der Waals surface area contributed by atoms with E-state index in [9.17, 15) is 9.59 Å². The molecule has 0 spiro atoms. The summed E-state index contributed by atoms with van der Waals surface area (Å²) in [7, 11) is 0. The molecule has 7 heteroatoms. The zero-order valence-corrected chi connectivity index (χ0v) is 20.3. The van der Waals surface area contributed by atoms with Crippen molar-refractivity contribution in [3.05, 3.63) is 34.8 Å². The largest absolute Gasteiger partial charge is 0 e. The van der Waals surface area contributed by atoms with Crippen molar-refractivity contribution >= 4 is 44.9 Å². The second-order valence-corrected chi connectivity index (χ2v) is 7.29. The van der Waals surface area contributed by atoms with E-state index in [0.717, 1.165) is 18.5 Å². The fraction of sp³-hybridized carbons (Fsp3) is 0.476. The number of hydrazone groups is 1. The van der Waals surface area contributed by atoms with Crippen LogP contribution in [0.25, 0.3) is 0 Å². The summed E-state index contributed by atoms with van der Waals surface area (Å²) in [4.78, 5) is 26.0. The van der Waals surface area contributed by atoms with Gasteiger partial charge in [-0.1, -0.05) is 45.4 Å². The van der Waals surface area contributed by atoms with Crippen molar-refractivity contribution in [2.75, 3.05) is 10.3 Å². The van der Waals surface area contributed by atoms with Crippen LogP contribution in [0.1, 0.15) is 65.2 Å². The Hall–Kier alpha value is -1.17. The minimum atomic E-state index is -0.151. The van der Waals surface area contributed by atoms with Crippen molar-refractivity contribution in [1.29, 1.82) is 0 Å². The van der Waals surface area contributed by atoms with Gasteiger partial charge in [0.1, 0.15) is 0 Å². The Bertz CT molecular complexity index is 717. The van der Waals surface area contributed by atoms with Crippen molar-refractivity contribution < 1.29 is 32.0 Å². The van der Waals surface area contributed by atoms with Crippen LogP contribution < -0.4 is 10.3 Å². The number of anilines is 2. The van der Waals surface area contributed by atoms with Crippen LogP contribution in [-0.2, 0) is 32.0 Å². The molecule has 0 bridgehead atoms. The van der Waals surface area contributed by atoms with Gasteiger partial charge in [-0.25, -0.2) is 0 Å². The van der Waals surface area contributed by atoms with Crippen LogP contribution >= 0.6 is 0 Å². The van der Waals surface area contributed by atoms with Crippen LogP contribution in [0.2, 0.25) is 0 Å². The van der Waals surface area contributed by atoms with Gasteiger partial charge < -0.3 is 0 Å². The number of unbranched alkanes of at least 4 members (excludes halogenated alkanes) is 6. The number of amides is 2. The number of nitrogens with one attached hydrogen (secondary N) is 1. The van der Waals surface area contributed by atoms with Gasteiger partial charge in [-0.3, -0.25) is 0 Å². The summed E-state index contributed by atoms with van der Waals surface area (Å²) < 4.78 is 0. The van der Waals surface area contributed by atoms with Crippen LogP contribution in [0.15, 0.2) is 39.9 Å². The fourth-order valence-electron chi connectivity index (χ4n) is 2.98. The van der Waals surface area contributed by atoms with Crippen LogP contribution in [0.4, 0.5) is 11.4 Å². The van der Waals surface area contributed by atoms with E-state index in [2.05, 4.69) is 33.4 Å².